The number of halogens is 2. The van der Waals surface area contributed by atoms with Crippen LogP contribution in [-0.4, -0.2) is 14.7 Å². The van der Waals surface area contributed by atoms with Crippen LogP contribution in [0.1, 0.15) is 37.3 Å². The maximum Gasteiger partial charge on any atom is 0.123 e. The first-order valence-electron chi connectivity index (χ1n) is 6.12. The van der Waals surface area contributed by atoms with Crippen LogP contribution in [0.25, 0.3) is 0 Å². The van der Waals surface area contributed by atoms with E-state index in [2.05, 4.69) is 4.98 Å². The molecule has 1 N–H and O–H groups in total. The van der Waals surface area contributed by atoms with E-state index in [1.165, 1.54) is 18.2 Å². The summed E-state index contributed by atoms with van der Waals surface area (Å²) < 4.78 is 15.1. The van der Waals surface area contributed by atoms with Crippen molar-refractivity contribution in [2.45, 2.75) is 32.4 Å². The summed E-state index contributed by atoms with van der Waals surface area (Å²) in [5, 5.41) is 10.7. The van der Waals surface area contributed by atoms with Crippen molar-refractivity contribution in [3.8, 4) is 0 Å². The number of aliphatic hydroxyl groups is 1. The second kappa shape index (κ2) is 5.72. The molecule has 2 aromatic rings. The van der Waals surface area contributed by atoms with Gasteiger partial charge in [0.05, 0.1) is 24.3 Å². The van der Waals surface area contributed by atoms with Crippen molar-refractivity contribution in [2.24, 2.45) is 0 Å². The lowest BCUT2D eigenvalue weighted by Crippen LogP contribution is -2.11. The number of imidazole rings is 1. The number of aliphatic hydroxyl groups excluding tert-OH is 1. The van der Waals surface area contributed by atoms with Crippen LogP contribution in [0.2, 0.25) is 5.02 Å². The molecular weight excluding hydrogens is 267 g/mol. The van der Waals surface area contributed by atoms with Gasteiger partial charge in [-0.05, 0) is 37.6 Å². The number of hydrogen-bond donors (Lipinski definition) is 1. The monoisotopic (exact) mass is 282 g/mol. The van der Waals surface area contributed by atoms with E-state index in [-0.39, 0.29) is 18.3 Å². The molecule has 0 aliphatic carbocycles. The molecule has 0 aliphatic heterocycles. The Labute approximate surface area is 116 Å². The second-order valence-electron chi connectivity index (χ2n) is 4.78. The summed E-state index contributed by atoms with van der Waals surface area (Å²) in [5.41, 5.74) is 1.29. The third-order valence-corrected chi connectivity index (χ3v) is 3.38. The molecule has 0 fully saturated rings. The van der Waals surface area contributed by atoms with Crippen molar-refractivity contribution in [3.63, 3.8) is 0 Å². The summed E-state index contributed by atoms with van der Waals surface area (Å²) in [6, 6.07) is 4.35. The summed E-state index contributed by atoms with van der Waals surface area (Å²) in [7, 11) is 0. The highest BCUT2D eigenvalue weighted by Crippen LogP contribution is 2.25. The van der Waals surface area contributed by atoms with Gasteiger partial charge < -0.3 is 9.67 Å². The lowest BCUT2D eigenvalue weighted by atomic mass is 10.1. The maximum atomic E-state index is 13.2. The molecule has 5 heteroatoms. The minimum absolute atomic E-state index is 0.204. The highest BCUT2D eigenvalue weighted by atomic mass is 35.5. The molecule has 1 atom stereocenters. The van der Waals surface area contributed by atoms with Crippen LogP contribution in [0.4, 0.5) is 4.39 Å². The van der Waals surface area contributed by atoms with Crippen LogP contribution in [0.3, 0.4) is 0 Å². The van der Waals surface area contributed by atoms with E-state index in [4.69, 9.17) is 11.6 Å². The van der Waals surface area contributed by atoms with Gasteiger partial charge in [-0.1, -0.05) is 11.6 Å². The average molecular weight is 283 g/mol. The molecule has 0 saturated heterocycles. The van der Waals surface area contributed by atoms with Crippen molar-refractivity contribution in [1.82, 2.24) is 9.55 Å². The van der Waals surface area contributed by atoms with Crippen LogP contribution >= 0.6 is 11.6 Å². The number of nitrogens with zero attached hydrogens (tertiary/aromatic N) is 2. The molecule has 0 saturated carbocycles. The van der Waals surface area contributed by atoms with Crippen molar-refractivity contribution in [2.75, 3.05) is 0 Å². The predicted octanol–water partition coefficient (Wildman–Crippen LogP) is 3.53. The van der Waals surface area contributed by atoms with Gasteiger partial charge in [-0.15, -0.1) is 0 Å². The first kappa shape index (κ1) is 14.0. The van der Waals surface area contributed by atoms with Crippen molar-refractivity contribution < 1.29 is 9.50 Å². The molecule has 19 heavy (non-hydrogen) atoms. The zero-order valence-corrected chi connectivity index (χ0v) is 11.6. The first-order valence-corrected chi connectivity index (χ1v) is 6.50. The highest BCUT2D eigenvalue weighted by Gasteiger charge is 2.16. The molecule has 1 aromatic carbocycles. The Morgan fingerprint density at radius 2 is 2.16 bits per heavy atom. The van der Waals surface area contributed by atoms with Gasteiger partial charge in [0.15, 0.2) is 0 Å². The fourth-order valence-electron chi connectivity index (χ4n) is 2.02. The Bertz CT molecular complexity index is 568. The zero-order chi connectivity index (χ0) is 14.0. The quantitative estimate of drug-likeness (QED) is 0.931. The zero-order valence-electron chi connectivity index (χ0n) is 10.8. The second-order valence-corrected chi connectivity index (χ2v) is 5.18. The fraction of sp³-hybridized carbons (Fsp3) is 0.357. The summed E-state index contributed by atoms with van der Waals surface area (Å²) >= 11 is 6.00. The largest absolute Gasteiger partial charge is 0.386 e. The molecule has 1 aromatic heterocycles. The molecule has 0 amide bonds. The van der Waals surface area contributed by atoms with E-state index in [0.717, 1.165) is 0 Å². The van der Waals surface area contributed by atoms with E-state index in [9.17, 15) is 9.50 Å². The van der Waals surface area contributed by atoms with E-state index in [1.807, 2.05) is 18.4 Å². The Morgan fingerprint density at radius 3 is 2.84 bits per heavy atom. The van der Waals surface area contributed by atoms with Crippen molar-refractivity contribution >= 4 is 11.6 Å². The maximum absolute atomic E-state index is 13.2. The van der Waals surface area contributed by atoms with E-state index < -0.39 is 6.10 Å². The smallest absolute Gasteiger partial charge is 0.123 e. The van der Waals surface area contributed by atoms with Crippen molar-refractivity contribution in [1.29, 1.82) is 0 Å². The number of benzene rings is 1. The van der Waals surface area contributed by atoms with Gasteiger partial charge in [0, 0.05) is 17.5 Å². The van der Waals surface area contributed by atoms with E-state index in [1.54, 1.807) is 12.5 Å². The molecule has 0 bridgehead atoms. The minimum Gasteiger partial charge on any atom is -0.386 e. The Morgan fingerprint density at radius 1 is 1.42 bits per heavy atom. The molecule has 1 unspecified atom stereocenters. The SMILES string of the molecule is CC(C)n1cncc1C(O)Cc1cc(F)ccc1Cl. The number of hydrogen-bond acceptors (Lipinski definition) is 2. The molecule has 0 spiro atoms. The molecule has 102 valence electrons. The Hall–Kier alpha value is -1.39. The Kier molecular flexibility index (Phi) is 4.22. The van der Waals surface area contributed by atoms with Gasteiger partial charge >= 0.3 is 0 Å². The van der Waals surface area contributed by atoms with Gasteiger partial charge in [-0.3, -0.25) is 0 Å². The fourth-order valence-corrected chi connectivity index (χ4v) is 2.21. The highest BCUT2D eigenvalue weighted by molar-refractivity contribution is 6.31. The van der Waals surface area contributed by atoms with Gasteiger partial charge in [0.1, 0.15) is 5.82 Å². The van der Waals surface area contributed by atoms with Crippen LogP contribution in [0.5, 0.6) is 0 Å². The van der Waals surface area contributed by atoms with E-state index >= 15 is 0 Å². The van der Waals surface area contributed by atoms with Crippen LogP contribution in [-0.2, 0) is 6.42 Å². The minimum atomic E-state index is -0.760. The third kappa shape index (κ3) is 3.14. The van der Waals surface area contributed by atoms with Crippen LogP contribution in [0.15, 0.2) is 30.7 Å². The van der Waals surface area contributed by atoms with E-state index in [0.29, 0.717) is 16.3 Å². The average Bonchev–Trinajstić information content (AvgIpc) is 2.83. The normalized spacial score (nSPS) is 12.9. The van der Waals surface area contributed by atoms with Crippen LogP contribution < -0.4 is 0 Å². The lowest BCUT2D eigenvalue weighted by Gasteiger charge is -2.17. The van der Waals surface area contributed by atoms with Crippen LogP contribution in [0, 0.1) is 5.82 Å². The Balaban J connectivity index is 2.23. The summed E-state index contributed by atoms with van der Waals surface area (Å²) in [5.74, 6) is -0.357. The molecule has 0 radical (unpaired) electrons. The van der Waals surface area contributed by atoms with Gasteiger partial charge in [-0.25, -0.2) is 9.37 Å². The third-order valence-electron chi connectivity index (χ3n) is 3.01. The number of rotatable bonds is 4. The molecule has 1 heterocycles. The van der Waals surface area contributed by atoms with Gasteiger partial charge in [-0.2, -0.15) is 0 Å². The molecule has 2 rings (SSSR count). The predicted molar refractivity (Wildman–Crippen MR) is 72.7 cm³/mol. The first-order chi connectivity index (χ1) is 8.99. The van der Waals surface area contributed by atoms with Crippen molar-refractivity contribution in [3.05, 3.63) is 52.8 Å². The standard InChI is InChI=1S/C14H16ClFN2O/c1-9(2)18-8-17-7-13(18)14(19)6-10-5-11(16)3-4-12(10)15/h3-5,7-9,14,19H,6H2,1-2H3. The molecule has 0 aliphatic rings. The number of aromatic nitrogens is 2. The molecular formula is C14H16ClFN2O. The summed E-state index contributed by atoms with van der Waals surface area (Å²) in [4.78, 5) is 4.04. The molecule has 3 nitrogen and oxygen atoms in total. The topological polar surface area (TPSA) is 38.0 Å². The lowest BCUT2D eigenvalue weighted by molar-refractivity contribution is 0.167. The van der Waals surface area contributed by atoms with Gasteiger partial charge in [0.2, 0.25) is 0 Å². The summed E-state index contributed by atoms with van der Waals surface area (Å²) in [6.07, 6.45) is 2.80. The van der Waals surface area contributed by atoms with Gasteiger partial charge in [0.25, 0.3) is 0 Å². The summed E-state index contributed by atoms with van der Waals surface area (Å²) in [6.45, 7) is 4.01.